The summed E-state index contributed by atoms with van der Waals surface area (Å²) in [6.07, 6.45) is 0. The van der Waals surface area contributed by atoms with Crippen LogP contribution in [-0.2, 0) is 0 Å². The van der Waals surface area contributed by atoms with Crippen molar-refractivity contribution >= 4 is 34.6 Å². The summed E-state index contributed by atoms with van der Waals surface area (Å²) in [5.74, 6) is -0.215. The topological polar surface area (TPSA) is 44.4 Å². The fourth-order valence-electron chi connectivity index (χ4n) is 2.39. The zero-order valence-corrected chi connectivity index (χ0v) is 15.1. The highest BCUT2D eigenvalue weighted by Crippen LogP contribution is 2.17. The Bertz CT molecular complexity index is 692. The molecule has 4 nitrogen and oxygen atoms in total. The van der Waals surface area contributed by atoms with Crippen LogP contribution in [0.25, 0.3) is 0 Å². The highest BCUT2D eigenvalue weighted by Gasteiger charge is 2.08. The van der Waals surface area contributed by atoms with E-state index in [-0.39, 0.29) is 11.0 Å². The van der Waals surface area contributed by atoms with Crippen molar-refractivity contribution in [1.82, 2.24) is 5.32 Å². The molecule has 0 aliphatic carbocycles. The lowest BCUT2D eigenvalue weighted by Crippen LogP contribution is -2.34. The maximum absolute atomic E-state index is 12.1. The van der Waals surface area contributed by atoms with Crippen molar-refractivity contribution in [2.75, 3.05) is 23.3 Å². The van der Waals surface area contributed by atoms with Crippen LogP contribution in [0.5, 0.6) is 0 Å². The van der Waals surface area contributed by atoms with Crippen LogP contribution in [0.2, 0.25) is 0 Å². The number of amides is 1. The SMILES string of the molecule is CCN(CC)c1ccc(NC(=S)NC(=O)c2ccc(C)cc2)cc1. The Morgan fingerprint density at radius 1 is 1.00 bits per heavy atom. The van der Waals surface area contributed by atoms with Gasteiger partial charge in [-0.15, -0.1) is 0 Å². The predicted octanol–water partition coefficient (Wildman–Crippen LogP) is 3.97. The van der Waals surface area contributed by atoms with E-state index in [0.29, 0.717) is 5.56 Å². The normalized spacial score (nSPS) is 10.1. The van der Waals surface area contributed by atoms with Crippen LogP contribution in [0.4, 0.5) is 11.4 Å². The first kappa shape index (κ1) is 17.9. The number of nitrogens with one attached hydrogen (secondary N) is 2. The molecule has 0 aliphatic rings. The van der Waals surface area contributed by atoms with Crippen LogP contribution in [-0.4, -0.2) is 24.1 Å². The molecule has 0 unspecified atom stereocenters. The fourth-order valence-corrected chi connectivity index (χ4v) is 2.60. The molecule has 0 atom stereocenters. The fraction of sp³-hybridized carbons (Fsp3) is 0.263. The van der Waals surface area contributed by atoms with E-state index in [1.165, 1.54) is 5.69 Å². The molecule has 2 aromatic carbocycles. The number of anilines is 2. The lowest BCUT2D eigenvalue weighted by Gasteiger charge is -2.21. The van der Waals surface area contributed by atoms with E-state index in [9.17, 15) is 4.79 Å². The van der Waals surface area contributed by atoms with Gasteiger partial charge in [0.2, 0.25) is 0 Å². The number of hydrogen-bond acceptors (Lipinski definition) is 3. The van der Waals surface area contributed by atoms with Gasteiger partial charge in [0.15, 0.2) is 5.11 Å². The van der Waals surface area contributed by atoms with E-state index in [1.54, 1.807) is 12.1 Å². The molecule has 2 aromatic rings. The van der Waals surface area contributed by atoms with Crippen molar-refractivity contribution in [3.63, 3.8) is 0 Å². The minimum Gasteiger partial charge on any atom is -0.372 e. The molecule has 126 valence electrons. The molecule has 0 bridgehead atoms. The Labute approximate surface area is 148 Å². The molecule has 0 radical (unpaired) electrons. The first-order valence-corrected chi connectivity index (χ1v) is 8.48. The molecule has 24 heavy (non-hydrogen) atoms. The summed E-state index contributed by atoms with van der Waals surface area (Å²) >= 11 is 5.21. The van der Waals surface area contributed by atoms with Gasteiger partial charge in [0.25, 0.3) is 5.91 Å². The van der Waals surface area contributed by atoms with Gasteiger partial charge in [0.05, 0.1) is 0 Å². The Balaban J connectivity index is 1.94. The van der Waals surface area contributed by atoms with Crippen LogP contribution in [0.15, 0.2) is 48.5 Å². The molecule has 5 heteroatoms. The van der Waals surface area contributed by atoms with Crippen molar-refractivity contribution in [2.45, 2.75) is 20.8 Å². The molecule has 2 N–H and O–H groups in total. The summed E-state index contributed by atoms with van der Waals surface area (Å²) in [5.41, 5.74) is 3.71. The molecular formula is C19H23N3OS. The molecular weight excluding hydrogens is 318 g/mol. The maximum Gasteiger partial charge on any atom is 0.257 e. The number of hydrogen-bond donors (Lipinski definition) is 2. The molecule has 0 aromatic heterocycles. The predicted molar refractivity (Wildman–Crippen MR) is 105 cm³/mol. The Hall–Kier alpha value is -2.40. The van der Waals surface area contributed by atoms with Crippen LogP contribution in [0, 0.1) is 6.92 Å². The number of benzene rings is 2. The van der Waals surface area contributed by atoms with Crippen LogP contribution < -0.4 is 15.5 Å². The van der Waals surface area contributed by atoms with Gasteiger partial charge in [-0.2, -0.15) is 0 Å². The minimum atomic E-state index is -0.215. The van der Waals surface area contributed by atoms with E-state index < -0.39 is 0 Å². The number of thiocarbonyl (C=S) groups is 1. The van der Waals surface area contributed by atoms with Gasteiger partial charge in [-0.05, 0) is 69.4 Å². The molecule has 0 saturated carbocycles. The molecule has 1 amide bonds. The van der Waals surface area contributed by atoms with Crippen molar-refractivity contribution in [2.24, 2.45) is 0 Å². The van der Waals surface area contributed by atoms with E-state index in [0.717, 1.165) is 24.3 Å². The van der Waals surface area contributed by atoms with Gasteiger partial charge in [-0.3, -0.25) is 10.1 Å². The van der Waals surface area contributed by atoms with E-state index >= 15 is 0 Å². The molecule has 0 saturated heterocycles. The van der Waals surface area contributed by atoms with Crippen molar-refractivity contribution in [1.29, 1.82) is 0 Å². The standard InChI is InChI=1S/C19H23N3OS/c1-4-22(5-2)17-12-10-16(11-13-17)20-19(24)21-18(23)15-8-6-14(3)7-9-15/h6-13H,4-5H2,1-3H3,(H2,20,21,23,24). The van der Waals surface area contributed by atoms with Gasteiger partial charge in [0.1, 0.15) is 0 Å². The van der Waals surface area contributed by atoms with Gasteiger partial charge < -0.3 is 10.2 Å². The lowest BCUT2D eigenvalue weighted by atomic mass is 10.1. The molecule has 0 heterocycles. The molecule has 2 rings (SSSR count). The third-order valence-electron chi connectivity index (χ3n) is 3.79. The second kappa shape index (κ2) is 8.45. The van der Waals surface area contributed by atoms with Gasteiger partial charge in [-0.25, -0.2) is 0 Å². The summed E-state index contributed by atoms with van der Waals surface area (Å²) in [4.78, 5) is 14.4. The summed E-state index contributed by atoms with van der Waals surface area (Å²) in [6.45, 7) is 8.18. The van der Waals surface area contributed by atoms with E-state index in [1.807, 2.05) is 43.3 Å². The lowest BCUT2D eigenvalue weighted by molar-refractivity contribution is 0.0977. The Kier molecular flexibility index (Phi) is 6.32. The second-order valence-electron chi connectivity index (χ2n) is 5.49. The summed E-state index contributed by atoms with van der Waals surface area (Å²) < 4.78 is 0. The Morgan fingerprint density at radius 2 is 1.58 bits per heavy atom. The molecule has 0 aliphatic heterocycles. The third kappa shape index (κ3) is 4.80. The average Bonchev–Trinajstić information content (AvgIpc) is 2.58. The van der Waals surface area contributed by atoms with Crippen LogP contribution >= 0.6 is 12.2 Å². The van der Waals surface area contributed by atoms with Crippen LogP contribution in [0.3, 0.4) is 0 Å². The maximum atomic E-state index is 12.1. The van der Waals surface area contributed by atoms with Crippen LogP contribution in [0.1, 0.15) is 29.8 Å². The first-order chi connectivity index (χ1) is 11.5. The number of carbonyl (C=O) groups excluding carboxylic acids is 1. The van der Waals surface area contributed by atoms with Gasteiger partial charge in [0, 0.05) is 30.0 Å². The quantitative estimate of drug-likeness (QED) is 0.808. The summed E-state index contributed by atoms with van der Waals surface area (Å²) in [5, 5.41) is 6.02. The smallest absolute Gasteiger partial charge is 0.257 e. The van der Waals surface area contributed by atoms with Gasteiger partial charge in [-0.1, -0.05) is 17.7 Å². The second-order valence-corrected chi connectivity index (χ2v) is 5.90. The average molecular weight is 341 g/mol. The van der Waals surface area contributed by atoms with E-state index in [4.69, 9.17) is 12.2 Å². The minimum absolute atomic E-state index is 0.215. The number of rotatable bonds is 5. The number of carbonyl (C=O) groups is 1. The molecule has 0 fully saturated rings. The monoisotopic (exact) mass is 341 g/mol. The van der Waals surface area contributed by atoms with E-state index in [2.05, 4.69) is 29.4 Å². The largest absolute Gasteiger partial charge is 0.372 e. The zero-order valence-electron chi connectivity index (χ0n) is 14.3. The third-order valence-corrected chi connectivity index (χ3v) is 4.00. The highest BCUT2D eigenvalue weighted by atomic mass is 32.1. The zero-order chi connectivity index (χ0) is 17.5. The summed E-state index contributed by atoms with van der Waals surface area (Å²) in [6, 6.07) is 15.4. The van der Waals surface area contributed by atoms with Crippen molar-refractivity contribution < 1.29 is 4.79 Å². The number of nitrogens with zero attached hydrogens (tertiary/aromatic N) is 1. The molecule has 0 spiro atoms. The highest BCUT2D eigenvalue weighted by molar-refractivity contribution is 7.80. The van der Waals surface area contributed by atoms with Gasteiger partial charge >= 0.3 is 0 Å². The number of aryl methyl sites for hydroxylation is 1. The first-order valence-electron chi connectivity index (χ1n) is 8.07. The summed E-state index contributed by atoms with van der Waals surface area (Å²) in [7, 11) is 0. The van der Waals surface area contributed by atoms with Crippen molar-refractivity contribution in [3.05, 3.63) is 59.7 Å². The van der Waals surface area contributed by atoms with Crippen molar-refractivity contribution in [3.8, 4) is 0 Å². The Morgan fingerprint density at radius 3 is 2.12 bits per heavy atom.